The van der Waals surface area contributed by atoms with E-state index in [9.17, 15) is 4.79 Å². The molecule has 1 aromatic carbocycles. The number of aromatic nitrogens is 1. The second kappa shape index (κ2) is 5.23. The number of rotatable bonds is 2. The zero-order valence-electron chi connectivity index (χ0n) is 11.8. The Kier molecular flexibility index (Phi) is 3.42. The van der Waals surface area contributed by atoms with Crippen LogP contribution in [0, 0.1) is 5.92 Å². The van der Waals surface area contributed by atoms with Crippen molar-refractivity contribution in [2.24, 2.45) is 5.92 Å². The van der Waals surface area contributed by atoms with E-state index < -0.39 is 5.76 Å². The van der Waals surface area contributed by atoms with E-state index in [4.69, 9.17) is 10.2 Å². The molecule has 5 heteroatoms. The summed E-state index contributed by atoms with van der Waals surface area (Å²) in [6.45, 7) is 4.31. The molecule has 1 fully saturated rings. The van der Waals surface area contributed by atoms with Crippen molar-refractivity contribution in [1.29, 1.82) is 0 Å². The summed E-state index contributed by atoms with van der Waals surface area (Å²) in [6, 6.07) is 3.67. The lowest BCUT2D eigenvalue weighted by Crippen LogP contribution is -2.25. The van der Waals surface area contributed by atoms with Crippen LogP contribution in [0.2, 0.25) is 0 Å². The minimum Gasteiger partial charge on any atom is -0.408 e. The first-order valence-electron chi connectivity index (χ1n) is 7.34. The fraction of sp³-hybridized carbons (Fsp3) is 0.533. The summed E-state index contributed by atoms with van der Waals surface area (Å²) in [6.07, 6.45) is 4.93. The quantitative estimate of drug-likeness (QED) is 0.826. The van der Waals surface area contributed by atoms with Crippen molar-refractivity contribution in [2.45, 2.75) is 32.6 Å². The van der Waals surface area contributed by atoms with Gasteiger partial charge in [-0.05, 0) is 31.2 Å². The first kappa shape index (κ1) is 13.1. The minimum atomic E-state index is -0.432. The number of nitrogen functional groups attached to an aromatic ring is 1. The molecule has 20 heavy (non-hydrogen) atoms. The molecule has 1 atom stereocenters. The first-order chi connectivity index (χ1) is 9.67. The normalized spacial score (nSPS) is 20.2. The second-order valence-electron chi connectivity index (χ2n) is 5.61. The number of benzene rings is 1. The molecule has 0 spiro atoms. The van der Waals surface area contributed by atoms with Crippen molar-refractivity contribution >= 4 is 22.5 Å². The van der Waals surface area contributed by atoms with Gasteiger partial charge in [0, 0.05) is 19.2 Å². The number of H-pyrrole nitrogens is 1. The number of aromatic amines is 1. The minimum absolute atomic E-state index is 0.432. The number of fused-ring (bicyclic) bond motifs is 1. The zero-order chi connectivity index (χ0) is 14.1. The molecule has 0 bridgehead atoms. The number of oxazole rings is 1. The van der Waals surface area contributed by atoms with Crippen LogP contribution >= 0.6 is 0 Å². The van der Waals surface area contributed by atoms with E-state index in [2.05, 4.69) is 16.8 Å². The molecule has 1 aliphatic rings. The Morgan fingerprint density at radius 2 is 2.25 bits per heavy atom. The Morgan fingerprint density at radius 3 is 3.05 bits per heavy atom. The molecular weight excluding hydrogens is 254 g/mol. The lowest BCUT2D eigenvalue weighted by Gasteiger charge is -2.24. The molecule has 2 aromatic rings. The van der Waals surface area contributed by atoms with Gasteiger partial charge in [0.25, 0.3) is 0 Å². The van der Waals surface area contributed by atoms with Crippen LogP contribution in [0.25, 0.3) is 11.1 Å². The predicted molar refractivity (Wildman–Crippen MR) is 81.1 cm³/mol. The standard InChI is InChI=1S/C15H21N3O2/c1-2-10-4-3-6-18(7-5-10)13-9-12-14(8-11(13)16)20-15(19)17-12/h8-10H,2-7,16H2,1H3,(H,17,19). The molecule has 0 amide bonds. The topological polar surface area (TPSA) is 75.3 Å². The summed E-state index contributed by atoms with van der Waals surface area (Å²) in [5, 5.41) is 0. The van der Waals surface area contributed by atoms with E-state index in [1.165, 1.54) is 25.7 Å². The molecule has 1 unspecified atom stereocenters. The highest BCUT2D eigenvalue weighted by molar-refractivity contribution is 5.85. The summed E-state index contributed by atoms with van der Waals surface area (Å²) in [7, 11) is 0. The van der Waals surface area contributed by atoms with Gasteiger partial charge in [0.05, 0.1) is 16.9 Å². The summed E-state index contributed by atoms with van der Waals surface area (Å²) < 4.78 is 5.04. The largest absolute Gasteiger partial charge is 0.417 e. The summed E-state index contributed by atoms with van der Waals surface area (Å²) >= 11 is 0. The van der Waals surface area contributed by atoms with Gasteiger partial charge in [-0.15, -0.1) is 0 Å². The van der Waals surface area contributed by atoms with E-state index in [-0.39, 0.29) is 0 Å². The number of anilines is 2. The van der Waals surface area contributed by atoms with Crippen molar-refractivity contribution < 1.29 is 4.42 Å². The highest BCUT2D eigenvalue weighted by Crippen LogP contribution is 2.31. The molecule has 0 radical (unpaired) electrons. The Labute approximate surface area is 117 Å². The van der Waals surface area contributed by atoms with E-state index in [1.807, 2.05) is 6.07 Å². The SMILES string of the molecule is CCC1CCCN(c2cc3[nH]c(=O)oc3cc2N)CC1. The van der Waals surface area contributed by atoms with Crippen LogP contribution in [0.5, 0.6) is 0 Å². The first-order valence-corrected chi connectivity index (χ1v) is 7.34. The third-order valence-corrected chi connectivity index (χ3v) is 4.33. The summed E-state index contributed by atoms with van der Waals surface area (Å²) in [5.41, 5.74) is 9.05. The number of nitrogens with zero attached hydrogens (tertiary/aromatic N) is 1. The van der Waals surface area contributed by atoms with Gasteiger partial charge in [0.15, 0.2) is 5.58 Å². The molecule has 0 aliphatic carbocycles. The number of nitrogens with one attached hydrogen (secondary N) is 1. The van der Waals surface area contributed by atoms with Gasteiger partial charge in [-0.25, -0.2) is 4.79 Å². The Bertz CT molecular complexity index is 659. The monoisotopic (exact) mass is 275 g/mol. The van der Waals surface area contributed by atoms with E-state index in [0.717, 1.165) is 30.2 Å². The second-order valence-corrected chi connectivity index (χ2v) is 5.61. The summed E-state index contributed by atoms with van der Waals surface area (Å²) in [4.78, 5) is 16.3. The van der Waals surface area contributed by atoms with Gasteiger partial charge in [-0.1, -0.05) is 13.3 Å². The number of hydrogen-bond donors (Lipinski definition) is 2. The van der Waals surface area contributed by atoms with Gasteiger partial charge in [-0.3, -0.25) is 4.98 Å². The smallest absolute Gasteiger partial charge is 0.408 e. The van der Waals surface area contributed by atoms with Crippen molar-refractivity contribution in [3.05, 3.63) is 22.7 Å². The maximum absolute atomic E-state index is 11.2. The summed E-state index contributed by atoms with van der Waals surface area (Å²) in [5.74, 6) is 0.386. The lowest BCUT2D eigenvalue weighted by atomic mass is 9.98. The van der Waals surface area contributed by atoms with E-state index >= 15 is 0 Å². The van der Waals surface area contributed by atoms with E-state index in [1.54, 1.807) is 6.07 Å². The fourth-order valence-corrected chi connectivity index (χ4v) is 3.09. The maximum Gasteiger partial charge on any atom is 0.417 e. The highest BCUT2D eigenvalue weighted by Gasteiger charge is 2.18. The Morgan fingerprint density at radius 1 is 1.40 bits per heavy atom. The van der Waals surface area contributed by atoms with Crippen LogP contribution in [0.15, 0.2) is 21.3 Å². The number of nitrogens with two attached hydrogens (primary N) is 1. The van der Waals surface area contributed by atoms with Crippen LogP contribution in [0.4, 0.5) is 11.4 Å². The predicted octanol–water partition coefficient (Wildman–Crippen LogP) is 2.72. The van der Waals surface area contributed by atoms with Crippen molar-refractivity contribution in [1.82, 2.24) is 4.98 Å². The van der Waals surface area contributed by atoms with Crippen LogP contribution in [0.3, 0.4) is 0 Å². The number of hydrogen-bond acceptors (Lipinski definition) is 4. The van der Waals surface area contributed by atoms with Crippen LogP contribution in [-0.4, -0.2) is 18.1 Å². The van der Waals surface area contributed by atoms with Gasteiger partial charge < -0.3 is 15.1 Å². The van der Waals surface area contributed by atoms with Crippen LogP contribution < -0.4 is 16.4 Å². The Hall–Kier alpha value is -1.91. The molecule has 2 heterocycles. The molecule has 5 nitrogen and oxygen atoms in total. The van der Waals surface area contributed by atoms with E-state index in [0.29, 0.717) is 11.3 Å². The molecule has 108 valence electrons. The van der Waals surface area contributed by atoms with Crippen LogP contribution in [0.1, 0.15) is 32.6 Å². The highest BCUT2D eigenvalue weighted by atomic mass is 16.4. The van der Waals surface area contributed by atoms with Crippen molar-refractivity contribution in [2.75, 3.05) is 23.7 Å². The van der Waals surface area contributed by atoms with Gasteiger partial charge in [-0.2, -0.15) is 0 Å². The molecule has 1 aromatic heterocycles. The average molecular weight is 275 g/mol. The third-order valence-electron chi connectivity index (χ3n) is 4.33. The molecule has 3 rings (SSSR count). The van der Waals surface area contributed by atoms with Gasteiger partial charge >= 0.3 is 5.76 Å². The molecule has 1 aliphatic heterocycles. The van der Waals surface area contributed by atoms with Gasteiger partial charge in [0.2, 0.25) is 0 Å². The molecule has 0 saturated carbocycles. The fourth-order valence-electron chi connectivity index (χ4n) is 3.09. The maximum atomic E-state index is 11.2. The molecule has 1 saturated heterocycles. The Balaban J connectivity index is 1.92. The molecular formula is C15H21N3O2. The van der Waals surface area contributed by atoms with Crippen molar-refractivity contribution in [3.8, 4) is 0 Å². The van der Waals surface area contributed by atoms with Gasteiger partial charge in [0.1, 0.15) is 0 Å². The lowest BCUT2D eigenvalue weighted by molar-refractivity contribution is 0.459. The average Bonchev–Trinajstić information content (AvgIpc) is 2.64. The van der Waals surface area contributed by atoms with Crippen molar-refractivity contribution in [3.63, 3.8) is 0 Å². The zero-order valence-corrected chi connectivity index (χ0v) is 11.8. The van der Waals surface area contributed by atoms with Crippen LogP contribution in [-0.2, 0) is 0 Å². The molecule has 3 N–H and O–H groups in total. The third kappa shape index (κ3) is 2.40.